The highest BCUT2D eigenvalue weighted by Crippen LogP contribution is 2.27. The van der Waals surface area contributed by atoms with E-state index in [0.717, 1.165) is 5.56 Å². The number of nitrogens with zero attached hydrogens (tertiary/aromatic N) is 1. The van der Waals surface area contributed by atoms with Gasteiger partial charge >= 0.3 is 0 Å². The highest BCUT2D eigenvalue weighted by molar-refractivity contribution is 9.10. The maximum Gasteiger partial charge on any atom is 0.244 e. The predicted molar refractivity (Wildman–Crippen MR) is 76.2 cm³/mol. The molecule has 1 aromatic rings. The average molecular weight is 349 g/mol. The summed E-state index contributed by atoms with van der Waals surface area (Å²) in [5.41, 5.74) is 6.43. The zero-order chi connectivity index (χ0) is 14.0. The molecule has 0 radical (unpaired) electrons. The van der Waals surface area contributed by atoms with Crippen LogP contribution in [0, 0.1) is 0 Å². The summed E-state index contributed by atoms with van der Waals surface area (Å²) in [6, 6.07) is 5.08. The minimum atomic E-state index is -3.48. The van der Waals surface area contributed by atoms with E-state index in [1.165, 1.54) is 4.31 Å². The monoisotopic (exact) mass is 348 g/mol. The van der Waals surface area contributed by atoms with Crippen molar-refractivity contribution in [3.63, 3.8) is 0 Å². The third kappa shape index (κ3) is 3.17. The number of hydrogen-bond donors (Lipinski definition) is 1. The highest BCUT2D eigenvalue weighted by atomic mass is 79.9. The maximum atomic E-state index is 12.6. The lowest BCUT2D eigenvalue weighted by Gasteiger charge is -2.30. The van der Waals surface area contributed by atoms with Gasteiger partial charge in [-0.15, -0.1) is 0 Å². The van der Waals surface area contributed by atoms with Gasteiger partial charge in [-0.3, -0.25) is 0 Å². The molecule has 1 fully saturated rings. The topological polar surface area (TPSA) is 72.6 Å². The highest BCUT2D eigenvalue weighted by Gasteiger charge is 2.30. The first kappa shape index (κ1) is 14.9. The summed E-state index contributed by atoms with van der Waals surface area (Å²) in [5, 5.41) is 0. The van der Waals surface area contributed by atoms with Gasteiger partial charge in [0.1, 0.15) is 0 Å². The summed E-state index contributed by atoms with van der Waals surface area (Å²) in [6.07, 6.45) is -0.0781. The average Bonchev–Trinajstić information content (AvgIpc) is 2.38. The van der Waals surface area contributed by atoms with Gasteiger partial charge in [-0.1, -0.05) is 6.07 Å². The van der Waals surface area contributed by atoms with Crippen LogP contribution in [0.15, 0.2) is 27.6 Å². The van der Waals surface area contributed by atoms with Gasteiger partial charge in [-0.25, -0.2) is 8.42 Å². The van der Waals surface area contributed by atoms with E-state index < -0.39 is 10.0 Å². The number of hydrogen-bond acceptors (Lipinski definition) is 4. The normalized spacial score (nSPS) is 21.5. The van der Waals surface area contributed by atoms with Crippen molar-refractivity contribution >= 4 is 26.0 Å². The smallest absolute Gasteiger partial charge is 0.244 e. The SMILES string of the molecule is CC1CN(S(=O)(=O)c2ccc(CN)cc2Br)CCO1. The van der Waals surface area contributed by atoms with Crippen LogP contribution in [0.2, 0.25) is 0 Å². The van der Waals surface area contributed by atoms with Gasteiger partial charge in [0, 0.05) is 24.1 Å². The van der Waals surface area contributed by atoms with Crippen molar-refractivity contribution < 1.29 is 13.2 Å². The van der Waals surface area contributed by atoms with Crippen LogP contribution < -0.4 is 5.73 Å². The zero-order valence-electron chi connectivity index (χ0n) is 10.7. The minimum absolute atomic E-state index is 0.0781. The van der Waals surface area contributed by atoms with Gasteiger partial charge in [-0.05, 0) is 40.5 Å². The first-order valence-corrected chi connectivity index (χ1v) is 8.28. The molecule has 0 spiro atoms. The first-order chi connectivity index (χ1) is 8.95. The van der Waals surface area contributed by atoms with Crippen LogP contribution in [0.1, 0.15) is 12.5 Å². The molecule has 7 heteroatoms. The second-order valence-corrected chi connectivity index (χ2v) is 7.27. The van der Waals surface area contributed by atoms with Crippen LogP contribution in [0.5, 0.6) is 0 Å². The van der Waals surface area contributed by atoms with E-state index in [1.807, 2.05) is 6.92 Å². The Morgan fingerprint density at radius 2 is 2.26 bits per heavy atom. The molecule has 0 aliphatic carbocycles. The van der Waals surface area contributed by atoms with Crippen LogP contribution in [-0.4, -0.2) is 38.5 Å². The molecule has 0 amide bonds. The van der Waals surface area contributed by atoms with E-state index in [2.05, 4.69) is 15.9 Å². The van der Waals surface area contributed by atoms with E-state index in [0.29, 0.717) is 30.7 Å². The summed E-state index contributed by atoms with van der Waals surface area (Å²) in [4.78, 5) is 0.277. The molecule has 1 aromatic carbocycles. The number of ether oxygens (including phenoxy) is 1. The van der Waals surface area contributed by atoms with E-state index >= 15 is 0 Å². The number of sulfonamides is 1. The molecule has 19 heavy (non-hydrogen) atoms. The van der Waals surface area contributed by atoms with Gasteiger partial charge in [-0.2, -0.15) is 4.31 Å². The Morgan fingerprint density at radius 1 is 1.53 bits per heavy atom. The van der Waals surface area contributed by atoms with E-state index in [4.69, 9.17) is 10.5 Å². The number of morpholine rings is 1. The summed E-state index contributed by atoms with van der Waals surface area (Å²) < 4.78 is 32.5. The molecule has 1 atom stereocenters. The summed E-state index contributed by atoms with van der Waals surface area (Å²) in [5.74, 6) is 0. The fourth-order valence-electron chi connectivity index (χ4n) is 2.02. The molecule has 5 nitrogen and oxygen atoms in total. The Bertz CT molecular complexity index is 562. The molecule has 1 unspecified atom stereocenters. The minimum Gasteiger partial charge on any atom is -0.376 e. The lowest BCUT2D eigenvalue weighted by Crippen LogP contribution is -2.44. The third-order valence-electron chi connectivity index (χ3n) is 3.05. The standard InChI is InChI=1S/C12H17BrN2O3S/c1-9-8-15(4-5-18-9)19(16,17)12-3-2-10(7-14)6-11(12)13/h2-3,6,9H,4-5,7-8,14H2,1H3. The molecule has 1 heterocycles. The largest absolute Gasteiger partial charge is 0.376 e. The molecular formula is C12H17BrN2O3S. The van der Waals surface area contributed by atoms with Gasteiger partial charge < -0.3 is 10.5 Å². The first-order valence-electron chi connectivity index (χ1n) is 6.05. The van der Waals surface area contributed by atoms with Crippen LogP contribution in [-0.2, 0) is 21.3 Å². The van der Waals surface area contributed by atoms with Gasteiger partial charge in [0.15, 0.2) is 0 Å². The van der Waals surface area contributed by atoms with E-state index in [1.54, 1.807) is 18.2 Å². The molecule has 1 aliphatic heterocycles. The number of benzene rings is 1. The number of rotatable bonds is 3. The predicted octanol–water partition coefficient (Wildman–Crippen LogP) is 1.32. The Labute approximate surface area is 121 Å². The van der Waals surface area contributed by atoms with Crippen LogP contribution in [0.25, 0.3) is 0 Å². The van der Waals surface area contributed by atoms with Gasteiger partial charge in [0.25, 0.3) is 0 Å². The molecule has 2 rings (SSSR count). The van der Waals surface area contributed by atoms with Crippen molar-refractivity contribution in [2.24, 2.45) is 5.73 Å². The van der Waals surface area contributed by atoms with Gasteiger partial charge in [0.2, 0.25) is 10.0 Å². The Kier molecular flexibility index (Phi) is 4.62. The quantitative estimate of drug-likeness (QED) is 0.893. The summed E-state index contributed by atoms with van der Waals surface area (Å²) in [7, 11) is -3.48. The number of halogens is 1. The summed E-state index contributed by atoms with van der Waals surface area (Å²) in [6.45, 7) is 3.45. The summed E-state index contributed by atoms with van der Waals surface area (Å²) >= 11 is 3.31. The molecule has 0 aromatic heterocycles. The van der Waals surface area contributed by atoms with Crippen molar-refractivity contribution in [2.45, 2.75) is 24.5 Å². The second-order valence-electron chi connectivity index (χ2n) is 4.51. The molecular weight excluding hydrogens is 332 g/mol. The second kappa shape index (κ2) is 5.88. The van der Waals surface area contributed by atoms with Crippen molar-refractivity contribution in [2.75, 3.05) is 19.7 Å². The van der Waals surface area contributed by atoms with Gasteiger partial charge in [0.05, 0.1) is 17.6 Å². The Morgan fingerprint density at radius 3 is 2.84 bits per heavy atom. The zero-order valence-corrected chi connectivity index (χ0v) is 13.1. The van der Waals surface area contributed by atoms with E-state index in [9.17, 15) is 8.42 Å². The molecule has 1 aliphatic rings. The van der Waals surface area contributed by atoms with Crippen LogP contribution >= 0.6 is 15.9 Å². The lowest BCUT2D eigenvalue weighted by atomic mass is 10.2. The van der Waals surface area contributed by atoms with Crippen LogP contribution in [0.4, 0.5) is 0 Å². The Hall–Kier alpha value is -0.470. The fraction of sp³-hybridized carbons (Fsp3) is 0.500. The molecule has 2 N–H and O–H groups in total. The third-order valence-corrected chi connectivity index (χ3v) is 5.90. The molecule has 1 saturated heterocycles. The Balaban J connectivity index is 2.33. The number of nitrogens with two attached hydrogens (primary N) is 1. The lowest BCUT2D eigenvalue weighted by molar-refractivity contribution is 0.0102. The van der Waals surface area contributed by atoms with Crippen molar-refractivity contribution in [3.05, 3.63) is 28.2 Å². The van der Waals surface area contributed by atoms with E-state index in [-0.39, 0.29) is 11.0 Å². The van der Waals surface area contributed by atoms with Crippen molar-refractivity contribution in [1.82, 2.24) is 4.31 Å². The molecule has 106 valence electrons. The molecule has 0 bridgehead atoms. The maximum absolute atomic E-state index is 12.6. The van der Waals surface area contributed by atoms with Crippen LogP contribution in [0.3, 0.4) is 0 Å². The van der Waals surface area contributed by atoms with Crippen molar-refractivity contribution in [3.8, 4) is 0 Å². The fourth-order valence-corrected chi connectivity index (χ4v) is 4.61. The molecule has 0 saturated carbocycles. The van der Waals surface area contributed by atoms with Crippen molar-refractivity contribution in [1.29, 1.82) is 0 Å².